The Balaban J connectivity index is 1.34. The van der Waals surface area contributed by atoms with Crippen LogP contribution in [0.3, 0.4) is 0 Å². The van der Waals surface area contributed by atoms with Gasteiger partial charge in [0.15, 0.2) is 0 Å². The predicted molar refractivity (Wildman–Crippen MR) is 138 cm³/mol. The van der Waals surface area contributed by atoms with Crippen molar-refractivity contribution >= 4 is 31.5 Å². The molecule has 4 aromatic carbocycles. The summed E-state index contributed by atoms with van der Waals surface area (Å²) in [5.74, 6) is -1.58. The van der Waals surface area contributed by atoms with E-state index < -0.39 is 11.8 Å². The van der Waals surface area contributed by atoms with E-state index in [1.165, 1.54) is 0 Å². The zero-order valence-corrected chi connectivity index (χ0v) is 21.0. The molecule has 35 heavy (non-hydrogen) atoms. The van der Waals surface area contributed by atoms with Gasteiger partial charge >= 0.3 is 31.5 Å². The van der Waals surface area contributed by atoms with E-state index in [0.717, 1.165) is 22.3 Å². The summed E-state index contributed by atoms with van der Waals surface area (Å²) in [6, 6.07) is 38.4. The summed E-state index contributed by atoms with van der Waals surface area (Å²) in [6.07, 6.45) is 0. The number of carbonyl (C=O) groups is 2. The SMILES string of the molecule is O=C(O[Si]C[Si]OC(=O)C(c1ccccc1)c1ccccc1)C(c1ccccc1)c1ccccc1. The van der Waals surface area contributed by atoms with Crippen LogP contribution >= 0.6 is 0 Å². The molecule has 0 atom stereocenters. The van der Waals surface area contributed by atoms with Crippen molar-refractivity contribution in [3.8, 4) is 0 Å². The molecular weight excluding hydrogens is 468 g/mol. The molecule has 0 bridgehead atoms. The van der Waals surface area contributed by atoms with Gasteiger partial charge in [-0.25, -0.2) is 0 Å². The molecule has 0 aliphatic rings. The Hall–Kier alpha value is -3.75. The number of hydrogen-bond donors (Lipinski definition) is 0. The van der Waals surface area contributed by atoms with Gasteiger partial charge < -0.3 is 8.85 Å². The van der Waals surface area contributed by atoms with E-state index >= 15 is 0 Å². The predicted octanol–water partition coefficient (Wildman–Crippen LogP) is 5.35. The van der Waals surface area contributed by atoms with E-state index in [0.29, 0.717) is 5.67 Å². The summed E-state index contributed by atoms with van der Waals surface area (Å²) in [6.45, 7) is 0. The summed E-state index contributed by atoms with van der Waals surface area (Å²) < 4.78 is 11.3. The first-order valence-corrected chi connectivity index (χ1v) is 13.5. The average molecular weight is 493 g/mol. The zero-order chi connectivity index (χ0) is 24.3. The Labute approximate surface area is 210 Å². The highest BCUT2D eigenvalue weighted by atomic mass is 28.3. The maximum atomic E-state index is 13.0. The van der Waals surface area contributed by atoms with Gasteiger partial charge in [0.2, 0.25) is 0 Å². The monoisotopic (exact) mass is 492 g/mol. The van der Waals surface area contributed by atoms with Gasteiger partial charge in [0.25, 0.3) is 0 Å². The Morgan fingerprint density at radius 2 is 0.743 bits per heavy atom. The second kappa shape index (κ2) is 12.6. The van der Waals surface area contributed by atoms with Gasteiger partial charge in [-0.1, -0.05) is 121 Å². The topological polar surface area (TPSA) is 52.6 Å². The van der Waals surface area contributed by atoms with Gasteiger partial charge in [0.05, 0.1) is 0 Å². The van der Waals surface area contributed by atoms with Crippen molar-refractivity contribution in [2.24, 2.45) is 0 Å². The molecule has 4 nitrogen and oxygen atoms in total. The van der Waals surface area contributed by atoms with Gasteiger partial charge in [-0.15, -0.1) is 0 Å². The lowest BCUT2D eigenvalue weighted by atomic mass is 9.91. The lowest BCUT2D eigenvalue weighted by Gasteiger charge is -2.18. The third kappa shape index (κ3) is 6.65. The van der Waals surface area contributed by atoms with Crippen LogP contribution in [0.2, 0.25) is 5.67 Å². The molecule has 0 saturated heterocycles. The first-order valence-electron chi connectivity index (χ1n) is 11.3. The van der Waals surface area contributed by atoms with Crippen LogP contribution in [0.4, 0.5) is 0 Å². The van der Waals surface area contributed by atoms with Crippen LogP contribution in [0.1, 0.15) is 34.1 Å². The molecule has 0 spiro atoms. The molecule has 0 fully saturated rings. The van der Waals surface area contributed by atoms with Crippen LogP contribution < -0.4 is 0 Å². The third-order valence-corrected chi connectivity index (χ3v) is 7.34. The largest absolute Gasteiger partial charge is 0.516 e. The van der Waals surface area contributed by atoms with Crippen LogP contribution in [-0.4, -0.2) is 31.5 Å². The minimum atomic E-state index is -0.490. The molecule has 0 saturated carbocycles. The fourth-order valence-corrected chi connectivity index (χ4v) is 5.21. The molecule has 4 rings (SSSR count). The van der Waals surface area contributed by atoms with Crippen LogP contribution in [0.5, 0.6) is 0 Å². The molecule has 4 aromatic rings. The maximum Gasteiger partial charge on any atom is 0.314 e. The average Bonchev–Trinajstić information content (AvgIpc) is 2.91. The summed E-state index contributed by atoms with van der Waals surface area (Å²) in [4.78, 5) is 26.0. The zero-order valence-electron chi connectivity index (χ0n) is 19.0. The third-order valence-electron chi connectivity index (χ3n) is 5.49. The van der Waals surface area contributed by atoms with E-state index in [1.807, 2.05) is 121 Å². The van der Waals surface area contributed by atoms with Crippen LogP contribution in [0.15, 0.2) is 121 Å². The summed E-state index contributed by atoms with van der Waals surface area (Å²) in [5.41, 5.74) is 4.02. The van der Waals surface area contributed by atoms with E-state index in [4.69, 9.17) is 8.85 Å². The minimum absolute atomic E-state index is 0.0932. The van der Waals surface area contributed by atoms with E-state index in [9.17, 15) is 9.59 Å². The quantitative estimate of drug-likeness (QED) is 0.221. The van der Waals surface area contributed by atoms with Crippen LogP contribution in [-0.2, 0) is 18.4 Å². The van der Waals surface area contributed by atoms with Crippen molar-refractivity contribution in [1.29, 1.82) is 0 Å². The molecule has 172 valence electrons. The van der Waals surface area contributed by atoms with Crippen molar-refractivity contribution in [1.82, 2.24) is 0 Å². The summed E-state index contributed by atoms with van der Waals surface area (Å²) in [7, 11) is -0.186. The van der Waals surface area contributed by atoms with Gasteiger partial charge in [-0.3, -0.25) is 9.59 Å². The molecule has 4 radical (unpaired) electrons. The second-order valence-corrected chi connectivity index (χ2v) is 10.2. The van der Waals surface area contributed by atoms with Crippen molar-refractivity contribution in [2.75, 3.05) is 0 Å². The molecule has 0 amide bonds. The van der Waals surface area contributed by atoms with Gasteiger partial charge in [0, 0.05) is 5.67 Å². The Bertz CT molecular complexity index is 1030. The highest BCUT2D eigenvalue weighted by molar-refractivity contribution is 6.50. The number of rotatable bonds is 10. The van der Waals surface area contributed by atoms with Crippen molar-refractivity contribution in [3.63, 3.8) is 0 Å². The molecule has 0 unspecified atom stereocenters. The summed E-state index contributed by atoms with van der Waals surface area (Å²) in [5, 5.41) is 0. The number of hydrogen-bond acceptors (Lipinski definition) is 4. The van der Waals surface area contributed by atoms with E-state index in [1.54, 1.807) is 0 Å². The van der Waals surface area contributed by atoms with E-state index in [2.05, 4.69) is 0 Å². The van der Waals surface area contributed by atoms with Crippen molar-refractivity contribution in [3.05, 3.63) is 144 Å². The van der Waals surface area contributed by atoms with Gasteiger partial charge in [-0.05, 0) is 22.3 Å². The molecular formula is C29H24O4Si2. The van der Waals surface area contributed by atoms with Crippen molar-refractivity contribution in [2.45, 2.75) is 17.5 Å². The highest BCUT2D eigenvalue weighted by Crippen LogP contribution is 2.27. The van der Waals surface area contributed by atoms with Crippen LogP contribution in [0.25, 0.3) is 0 Å². The van der Waals surface area contributed by atoms with Gasteiger partial charge in [0.1, 0.15) is 11.8 Å². The number of carbonyl (C=O) groups excluding carboxylic acids is 2. The molecule has 0 heterocycles. The molecule has 0 aromatic heterocycles. The van der Waals surface area contributed by atoms with Gasteiger partial charge in [-0.2, -0.15) is 0 Å². The Morgan fingerprint density at radius 1 is 0.486 bits per heavy atom. The second-order valence-electron chi connectivity index (χ2n) is 7.82. The fourth-order valence-electron chi connectivity index (χ4n) is 3.87. The Kier molecular flexibility index (Phi) is 8.81. The first-order chi connectivity index (χ1) is 17.2. The summed E-state index contributed by atoms with van der Waals surface area (Å²) >= 11 is 0. The minimum Gasteiger partial charge on any atom is -0.516 e. The van der Waals surface area contributed by atoms with Crippen LogP contribution in [0, 0.1) is 0 Å². The molecule has 6 heteroatoms. The van der Waals surface area contributed by atoms with Crippen molar-refractivity contribution < 1.29 is 18.4 Å². The molecule has 0 aliphatic heterocycles. The maximum absolute atomic E-state index is 13.0. The smallest absolute Gasteiger partial charge is 0.314 e. The lowest BCUT2D eigenvalue weighted by molar-refractivity contribution is -0.135. The normalized spacial score (nSPS) is 10.8. The van der Waals surface area contributed by atoms with E-state index in [-0.39, 0.29) is 31.5 Å². The first kappa shape index (κ1) is 24.4. The Morgan fingerprint density at radius 3 is 1.00 bits per heavy atom. The standard InChI is InChI=1S/C29H24O4Si2/c30-28(26(22-13-5-1-6-14-22)23-15-7-2-8-16-23)32-34-21-35-33-29(31)27(24-17-9-3-10-18-24)25-19-11-4-12-20-25/h1-20,26-27H,21H2. The molecule has 0 N–H and O–H groups in total. The fraction of sp³-hybridized carbons (Fsp3) is 0.103. The lowest BCUT2D eigenvalue weighted by Crippen LogP contribution is -2.22. The highest BCUT2D eigenvalue weighted by Gasteiger charge is 2.26. The number of benzene rings is 4. The molecule has 0 aliphatic carbocycles.